The van der Waals surface area contributed by atoms with Crippen LogP contribution in [0.25, 0.3) is 100 Å². The topological polar surface area (TPSA) is 51.8 Å². The Morgan fingerprint density at radius 3 is 1.53 bits per heavy atom. The second-order valence-corrected chi connectivity index (χ2v) is 13.2. The molecule has 0 atom stereocenters. The number of aromatic nitrogens is 3. The molecule has 10 aromatic rings. The van der Waals surface area contributed by atoms with Gasteiger partial charge in [-0.05, 0) is 57.0 Å². The van der Waals surface area contributed by atoms with Gasteiger partial charge in [-0.2, -0.15) is 0 Å². The molecule has 8 aromatic carbocycles. The summed E-state index contributed by atoms with van der Waals surface area (Å²) in [6.45, 7) is 0. The molecule has 0 aliphatic rings. The first-order valence-electron chi connectivity index (χ1n) is 17.8. The van der Waals surface area contributed by atoms with Gasteiger partial charge in [-0.25, -0.2) is 15.0 Å². The van der Waals surface area contributed by atoms with Gasteiger partial charge in [0.15, 0.2) is 17.5 Å². The molecule has 248 valence electrons. The maximum absolute atomic E-state index is 6.70. The van der Waals surface area contributed by atoms with Crippen molar-refractivity contribution in [3.05, 3.63) is 188 Å². The van der Waals surface area contributed by atoms with E-state index >= 15 is 0 Å². The minimum atomic E-state index is 0.588. The van der Waals surface area contributed by atoms with Crippen molar-refractivity contribution in [2.24, 2.45) is 0 Å². The molecule has 0 N–H and O–H groups in total. The molecule has 53 heavy (non-hydrogen) atoms. The Hall–Kier alpha value is -7.17. The van der Waals surface area contributed by atoms with Crippen LogP contribution in [0.5, 0.6) is 0 Å². The van der Waals surface area contributed by atoms with Gasteiger partial charge in [-0.15, -0.1) is 0 Å². The lowest BCUT2D eigenvalue weighted by Crippen LogP contribution is -2.00. The van der Waals surface area contributed by atoms with E-state index in [2.05, 4.69) is 164 Å². The van der Waals surface area contributed by atoms with Crippen LogP contribution in [-0.4, -0.2) is 15.0 Å². The van der Waals surface area contributed by atoms with Gasteiger partial charge in [-0.3, -0.25) is 0 Å². The average Bonchev–Trinajstić information content (AvgIpc) is 3.63. The maximum atomic E-state index is 6.70. The lowest BCUT2D eigenvalue weighted by Gasteiger charge is -2.11. The smallest absolute Gasteiger partial charge is 0.164 e. The van der Waals surface area contributed by atoms with Gasteiger partial charge >= 0.3 is 0 Å². The van der Waals surface area contributed by atoms with Crippen LogP contribution in [0.2, 0.25) is 0 Å². The lowest BCUT2D eigenvalue weighted by atomic mass is 9.94. The molecule has 0 saturated heterocycles. The van der Waals surface area contributed by atoms with Gasteiger partial charge < -0.3 is 4.42 Å². The minimum absolute atomic E-state index is 0.588. The van der Waals surface area contributed by atoms with E-state index in [-0.39, 0.29) is 0 Å². The van der Waals surface area contributed by atoms with Crippen LogP contribution in [0.3, 0.4) is 0 Å². The fourth-order valence-corrected chi connectivity index (χ4v) is 7.36. The van der Waals surface area contributed by atoms with Crippen molar-refractivity contribution in [1.82, 2.24) is 15.0 Å². The molecule has 0 spiro atoms. The van der Waals surface area contributed by atoms with E-state index in [1.54, 1.807) is 0 Å². The molecule has 0 fully saturated rings. The summed E-state index contributed by atoms with van der Waals surface area (Å²) >= 11 is 0. The standard InChI is InChI=1S/C49H31N3O/c1-4-14-32(15-5-1)34-26-28-36(29-27-34)47-50-48(38-21-12-20-37(30-38)33-16-6-2-7-17-33)52-49(51-47)41-24-13-25-44-45(41)43-31-42(35-18-8-3-9-19-35)39-22-10-11-23-40(39)46(43)53-44/h1-31H. The van der Waals surface area contributed by atoms with Crippen molar-refractivity contribution in [3.8, 4) is 67.5 Å². The number of rotatable bonds is 6. The molecule has 4 heteroatoms. The third-order valence-corrected chi connectivity index (χ3v) is 9.94. The highest BCUT2D eigenvalue weighted by Crippen LogP contribution is 2.43. The van der Waals surface area contributed by atoms with E-state index in [0.29, 0.717) is 17.5 Å². The summed E-state index contributed by atoms with van der Waals surface area (Å²) in [6, 6.07) is 65.1. The quantitative estimate of drug-likeness (QED) is 0.176. The van der Waals surface area contributed by atoms with Crippen molar-refractivity contribution < 1.29 is 4.42 Å². The molecule has 0 aliphatic carbocycles. The Kier molecular flexibility index (Phi) is 7.43. The third-order valence-electron chi connectivity index (χ3n) is 9.94. The number of benzene rings is 8. The van der Waals surface area contributed by atoms with Crippen LogP contribution in [-0.2, 0) is 0 Å². The predicted molar refractivity (Wildman–Crippen MR) is 217 cm³/mol. The fourth-order valence-electron chi connectivity index (χ4n) is 7.36. The highest BCUT2D eigenvalue weighted by atomic mass is 16.3. The Labute approximate surface area is 306 Å². The highest BCUT2D eigenvalue weighted by Gasteiger charge is 2.21. The fraction of sp³-hybridized carbons (Fsp3) is 0. The highest BCUT2D eigenvalue weighted by molar-refractivity contribution is 6.21. The van der Waals surface area contributed by atoms with Gasteiger partial charge in [0, 0.05) is 32.8 Å². The summed E-state index contributed by atoms with van der Waals surface area (Å²) in [4.78, 5) is 15.5. The van der Waals surface area contributed by atoms with Gasteiger partial charge in [0.25, 0.3) is 0 Å². The van der Waals surface area contributed by atoms with Crippen LogP contribution in [0, 0.1) is 0 Å². The number of fused-ring (bicyclic) bond motifs is 5. The Balaban J connectivity index is 1.20. The van der Waals surface area contributed by atoms with Crippen LogP contribution in [0.1, 0.15) is 0 Å². The normalized spacial score (nSPS) is 11.4. The maximum Gasteiger partial charge on any atom is 0.164 e. The zero-order chi connectivity index (χ0) is 35.1. The number of furan rings is 1. The number of hydrogen-bond donors (Lipinski definition) is 0. The summed E-state index contributed by atoms with van der Waals surface area (Å²) in [5.74, 6) is 1.80. The van der Waals surface area contributed by atoms with Gasteiger partial charge in [0.1, 0.15) is 11.2 Å². The summed E-state index contributed by atoms with van der Waals surface area (Å²) in [7, 11) is 0. The SMILES string of the molecule is c1ccc(-c2ccc(-c3nc(-c4cccc(-c5ccccc5)c4)nc(-c4cccc5oc6c7ccccc7c(-c7ccccc7)cc6c45)n3)cc2)cc1. The largest absolute Gasteiger partial charge is 0.455 e. The minimum Gasteiger partial charge on any atom is -0.455 e. The lowest BCUT2D eigenvalue weighted by molar-refractivity contribution is 0.673. The molecule has 2 aromatic heterocycles. The van der Waals surface area contributed by atoms with Crippen LogP contribution in [0.15, 0.2) is 192 Å². The number of hydrogen-bond acceptors (Lipinski definition) is 4. The first kappa shape index (κ1) is 30.6. The summed E-state index contributed by atoms with van der Waals surface area (Å²) in [5.41, 5.74) is 11.2. The van der Waals surface area contributed by atoms with E-state index in [4.69, 9.17) is 19.4 Å². The molecule has 0 radical (unpaired) electrons. The molecule has 0 aliphatic heterocycles. The molecule has 0 bridgehead atoms. The van der Waals surface area contributed by atoms with Crippen LogP contribution in [0.4, 0.5) is 0 Å². The second kappa shape index (κ2) is 12.9. The van der Waals surface area contributed by atoms with E-state index in [0.717, 1.165) is 82.8 Å². The van der Waals surface area contributed by atoms with Crippen molar-refractivity contribution in [2.75, 3.05) is 0 Å². The predicted octanol–water partition coefficient (Wildman–Crippen LogP) is 12.9. The van der Waals surface area contributed by atoms with E-state index < -0.39 is 0 Å². The molecular formula is C49H31N3O. The van der Waals surface area contributed by atoms with Crippen molar-refractivity contribution in [2.45, 2.75) is 0 Å². The average molecular weight is 678 g/mol. The second-order valence-electron chi connectivity index (χ2n) is 13.2. The first-order chi connectivity index (χ1) is 26.3. The van der Waals surface area contributed by atoms with E-state index in [1.807, 2.05) is 24.3 Å². The molecular weight excluding hydrogens is 647 g/mol. The summed E-state index contributed by atoms with van der Waals surface area (Å²) < 4.78 is 6.70. The molecule has 0 amide bonds. The molecule has 2 heterocycles. The van der Waals surface area contributed by atoms with E-state index in [1.165, 1.54) is 0 Å². The third kappa shape index (κ3) is 5.54. The first-order valence-corrected chi connectivity index (χ1v) is 17.8. The monoisotopic (exact) mass is 677 g/mol. The Bertz CT molecular complexity index is 2920. The van der Waals surface area contributed by atoms with Crippen LogP contribution < -0.4 is 0 Å². The molecule has 0 saturated carbocycles. The van der Waals surface area contributed by atoms with Gasteiger partial charge in [-0.1, -0.05) is 170 Å². The molecule has 10 rings (SSSR count). The van der Waals surface area contributed by atoms with Crippen molar-refractivity contribution in [1.29, 1.82) is 0 Å². The van der Waals surface area contributed by atoms with Crippen molar-refractivity contribution >= 4 is 32.7 Å². The van der Waals surface area contributed by atoms with Crippen LogP contribution >= 0.6 is 0 Å². The number of nitrogens with zero attached hydrogens (tertiary/aromatic N) is 3. The summed E-state index contributed by atoms with van der Waals surface area (Å²) in [6.07, 6.45) is 0. The summed E-state index contributed by atoms with van der Waals surface area (Å²) in [5, 5.41) is 4.22. The van der Waals surface area contributed by atoms with Gasteiger partial charge in [0.05, 0.1) is 0 Å². The van der Waals surface area contributed by atoms with E-state index in [9.17, 15) is 0 Å². The zero-order valence-electron chi connectivity index (χ0n) is 28.6. The molecule has 0 unspecified atom stereocenters. The van der Waals surface area contributed by atoms with Crippen molar-refractivity contribution in [3.63, 3.8) is 0 Å². The zero-order valence-corrected chi connectivity index (χ0v) is 28.6. The molecule has 4 nitrogen and oxygen atoms in total. The Morgan fingerprint density at radius 2 is 0.811 bits per heavy atom. The Morgan fingerprint density at radius 1 is 0.302 bits per heavy atom. The van der Waals surface area contributed by atoms with Gasteiger partial charge in [0.2, 0.25) is 0 Å².